The number of carbonyl (C=O) groups excluding carboxylic acids is 1. The summed E-state index contributed by atoms with van der Waals surface area (Å²) >= 11 is 0. The highest BCUT2D eigenvalue weighted by atomic mass is 19.1. The molecule has 0 saturated carbocycles. The highest BCUT2D eigenvalue weighted by Gasteiger charge is 2.29. The van der Waals surface area contributed by atoms with Gasteiger partial charge in [-0.2, -0.15) is 0 Å². The van der Waals surface area contributed by atoms with Crippen LogP contribution in [-0.2, 0) is 0 Å². The molecule has 1 amide bonds. The van der Waals surface area contributed by atoms with E-state index >= 15 is 0 Å². The normalized spacial score (nSPS) is 15.2. The molecule has 1 fully saturated rings. The van der Waals surface area contributed by atoms with Crippen LogP contribution in [0.1, 0.15) is 34.9 Å². The van der Waals surface area contributed by atoms with Crippen molar-refractivity contribution in [1.29, 1.82) is 0 Å². The Labute approximate surface area is 153 Å². The lowest BCUT2D eigenvalue weighted by atomic mass is 9.95. The van der Waals surface area contributed by atoms with E-state index in [1.165, 1.54) is 6.07 Å². The van der Waals surface area contributed by atoms with E-state index in [1.807, 2.05) is 28.8 Å². The molecule has 9 heteroatoms. The maximum absolute atomic E-state index is 14.1. The van der Waals surface area contributed by atoms with Crippen molar-refractivity contribution < 1.29 is 14.1 Å². The Morgan fingerprint density at radius 3 is 2.67 bits per heavy atom. The van der Waals surface area contributed by atoms with Gasteiger partial charge in [0.25, 0.3) is 11.6 Å². The zero-order valence-corrected chi connectivity index (χ0v) is 14.3. The summed E-state index contributed by atoms with van der Waals surface area (Å²) in [7, 11) is 0. The highest BCUT2D eigenvalue weighted by molar-refractivity contribution is 5.94. The number of aromatic nitrogens is 3. The quantitative estimate of drug-likeness (QED) is 0.523. The number of nitrogens with zero attached hydrogens (tertiary/aromatic N) is 5. The average Bonchev–Trinajstić information content (AvgIpc) is 3.11. The number of rotatable bonds is 3. The number of halogens is 1. The Balaban J connectivity index is 1.47. The number of amides is 1. The van der Waals surface area contributed by atoms with E-state index in [-0.39, 0.29) is 17.2 Å². The van der Waals surface area contributed by atoms with Gasteiger partial charge in [0.1, 0.15) is 11.6 Å². The van der Waals surface area contributed by atoms with Gasteiger partial charge >= 0.3 is 0 Å². The van der Waals surface area contributed by atoms with Crippen LogP contribution in [0.15, 0.2) is 42.6 Å². The summed E-state index contributed by atoms with van der Waals surface area (Å²) in [6, 6.07) is 8.79. The summed E-state index contributed by atoms with van der Waals surface area (Å²) in [6.45, 7) is 0.920. The number of pyridine rings is 1. The Morgan fingerprint density at radius 2 is 1.96 bits per heavy atom. The molecule has 1 saturated heterocycles. The first-order valence-electron chi connectivity index (χ1n) is 8.57. The number of benzene rings is 1. The van der Waals surface area contributed by atoms with Crippen molar-refractivity contribution in [3.63, 3.8) is 0 Å². The molecule has 0 aliphatic carbocycles. The van der Waals surface area contributed by atoms with Crippen LogP contribution < -0.4 is 0 Å². The van der Waals surface area contributed by atoms with Gasteiger partial charge in [-0.25, -0.2) is 4.39 Å². The van der Waals surface area contributed by atoms with Crippen molar-refractivity contribution >= 4 is 17.2 Å². The molecule has 1 aliphatic heterocycles. The van der Waals surface area contributed by atoms with Gasteiger partial charge in [0, 0.05) is 31.3 Å². The molecule has 3 aromatic rings. The number of piperidine rings is 1. The molecule has 27 heavy (non-hydrogen) atoms. The van der Waals surface area contributed by atoms with Gasteiger partial charge in [0.05, 0.1) is 16.6 Å². The summed E-state index contributed by atoms with van der Waals surface area (Å²) in [5.41, 5.74) is 0.257. The second kappa shape index (κ2) is 6.75. The van der Waals surface area contributed by atoms with Gasteiger partial charge < -0.3 is 4.90 Å². The Hall–Kier alpha value is -3.36. The van der Waals surface area contributed by atoms with Crippen molar-refractivity contribution in [2.45, 2.75) is 18.8 Å². The fraction of sp³-hybridized carbons (Fsp3) is 0.278. The predicted molar refractivity (Wildman–Crippen MR) is 93.9 cm³/mol. The van der Waals surface area contributed by atoms with Crippen LogP contribution in [0.2, 0.25) is 0 Å². The van der Waals surface area contributed by atoms with Gasteiger partial charge in [0.15, 0.2) is 5.65 Å². The van der Waals surface area contributed by atoms with Crippen molar-refractivity contribution in [2.75, 3.05) is 13.1 Å². The first-order chi connectivity index (χ1) is 13.0. The topological polar surface area (TPSA) is 93.6 Å². The number of non-ortho nitro benzene ring substituents is 1. The summed E-state index contributed by atoms with van der Waals surface area (Å²) < 4.78 is 16.1. The zero-order valence-electron chi connectivity index (χ0n) is 14.3. The fourth-order valence-corrected chi connectivity index (χ4v) is 3.44. The molecule has 2 aromatic heterocycles. The van der Waals surface area contributed by atoms with Gasteiger partial charge in [-0.1, -0.05) is 6.07 Å². The van der Waals surface area contributed by atoms with Gasteiger partial charge in [-0.15, -0.1) is 10.2 Å². The number of carbonyl (C=O) groups is 1. The summed E-state index contributed by atoms with van der Waals surface area (Å²) in [6.07, 6.45) is 3.29. The number of likely N-dealkylation sites (tertiary alicyclic amines) is 1. The summed E-state index contributed by atoms with van der Waals surface area (Å²) in [5.74, 6) is -0.306. The highest BCUT2D eigenvalue weighted by Crippen LogP contribution is 2.28. The Morgan fingerprint density at radius 1 is 1.19 bits per heavy atom. The molecule has 3 heterocycles. The van der Waals surface area contributed by atoms with E-state index in [1.54, 1.807) is 4.90 Å². The van der Waals surface area contributed by atoms with Crippen LogP contribution in [0.4, 0.5) is 10.1 Å². The molecule has 1 aromatic carbocycles. The molecule has 0 atom stereocenters. The SMILES string of the molecule is O=C(c1ccc([N+](=O)[O-])cc1F)N1CCC(c2nnc3ccccn23)CC1. The van der Waals surface area contributed by atoms with Gasteiger partial charge in [0.2, 0.25) is 0 Å². The van der Waals surface area contributed by atoms with E-state index in [0.717, 1.165) is 23.6 Å². The van der Waals surface area contributed by atoms with E-state index in [4.69, 9.17) is 0 Å². The molecule has 1 aliphatic rings. The van der Waals surface area contributed by atoms with Crippen molar-refractivity contribution in [1.82, 2.24) is 19.5 Å². The molecule has 8 nitrogen and oxygen atoms in total. The molecule has 0 unspecified atom stereocenters. The van der Waals surface area contributed by atoms with E-state index in [9.17, 15) is 19.3 Å². The minimum Gasteiger partial charge on any atom is -0.339 e. The molecule has 138 valence electrons. The number of hydrogen-bond acceptors (Lipinski definition) is 5. The second-order valence-electron chi connectivity index (χ2n) is 6.47. The lowest BCUT2D eigenvalue weighted by Crippen LogP contribution is -2.38. The number of nitro groups is 1. The van der Waals surface area contributed by atoms with Crippen molar-refractivity contribution in [2.24, 2.45) is 0 Å². The summed E-state index contributed by atoms with van der Waals surface area (Å²) in [5, 5.41) is 19.1. The Kier molecular flexibility index (Phi) is 4.27. The first kappa shape index (κ1) is 17.1. The van der Waals surface area contributed by atoms with Crippen molar-refractivity contribution in [3.05, 3.63) is 69.9 Å². The third kappa shape index (κ3) is 3.12. The van der Waals surface area contributed by atoms with E-state index in [2.05, 4.69) is 10.2 Å². The molecular formula is C18H16FN5O3. The van der Waals surface area contributed by atoms with E-state index in [0.29, 0.717) is 25.9 Å². The number of fused-ring (bicyclic) bond motifs is 1. The lowest BCUT2D eigenvalue weighted by Gasteiger charge is -2.31. The number of nitro benzene ring substituents is 1. The van der Waals surface area contributed by atoms with Crippen LogP contribution in [0.25, 0.3) is 5.65 Å². The zero-order chi connectivity index (χ0) is 19.0. The smallest absolute Gasteiger partial charge is 0.272 e. The minimum absolute atomic E-state index is 0.146. The predicted octanol–water partition coefficient (Wildman–Crippen LogP) is 2.80. The van der Waals surface area contributed by atoms with Crippen LogP contribution >= 0.6 is 0 Å². The Bertz CT molecular complexity index is 1030. The second-order valence-corrected chi connectivity index (χ2v) is 6.47. The van der Waals surface area contributed by atoms with E-state index < -0.39 is 16.6 Å². The molecular weight excluding hydrogens is 353 g/mol. The molecule has 0 spiro atoms. The van der Waals surface area contributed by atoms with Crippen LogP contribution in [0.5, 0.6) is 0 Å². The maximum Gasteiger partial charge on any atom is 0.272 e. The average molecular weight is 369 g/mol. The first-order valence-corrected chi connectivity index (χ1v) is 8.57. The third-order valence-corrected chi connectivity index (χ3v) is 4.88. The molecule has 0 N–H and O–H groups in total. The van der Waals surface area contributed by atoms with Crippen molar-refractivity contribution in [3.8, 4) is 0 Å². The number of hydrogen-bond donors (Lipinski definition) is 0. The van der Waals surface area contributed by atoms with Crippen LogP contribution in [0.3, 0.4) is 0 Å². The fourth-order valence-electron chi connectivity index (χ4n) is 3.44. The maximum atomic E-state index is 14.1. The molecule has 0 radical (unpaired) electrons. The monoisotopic (exact) mass is 369 g/mol. The van der Waals surface area contributed by atoms with Crippen LogP contribution in [0, 0.1) is 15.9 Å². The van der Waals surface area contributed by atoms with Gasteiger partial charge in [-0.05, 0) is 31.0 Å². The van der Waals surface area contributed by atoms with Gasteiger partial charge in [-0.3, -0.25) is 19.3 Å². The standard InChI is InChI=1S/C18H16FN5O3/c19-15-11-13(24(26)27)4-5-14(15)18(25)22-9-6-12(7-10-22)17-21-20-16-3-1-2-8-23(16)17/h1-5,8,11-12H,6-7,9-10H2. The molecule has 4 rings (SSSR count). The lowest BCUT2D eigenvalue weighted by molar-refractivity contribution is -0.385. The third-order valence-electron chi connectivity index (χ3n) is 4.88. The largest absolute Gasteiger partial charge is 0.339 e. The van der Waals surface area contributed by atoms with Crippen LogP contribution in [-0.4, -0.2) is 43.4 Å². The molecule has 0 bridgehead atoms. The summed E-state index contributed by atoms with van der Waals surface area (Å²) in [4.78, 5) is 24.2. The minimum atomic E-state index is -0.875.